The van der Waals surface area contributed by atoms with E-state index in [9.17, 15) is 4.79 Å². The maximum atomic E-state index is 11.0. The first kappa shape index (κ1) is 14.8. The van der Waals surface area contributed by atoms with Crippen LogP contribution in [0.25, 0.3) is 6.08 Å². The standard InChI is InChI=1S/C12H15N3O2.HI/c1-8-9(5-7-11(16)17-3)4-6-10-12(8)13-14-15(10)2;/h4-7,13-14H,1-3H3;1H/b7-5+;. The van der Waals surface area contributed by atoms with E-state index in [1.807, 2.05) is 31.1 Å². The minimum atomic E-state index is -0.354. The smallest absolute Gasteiger partial charge is 0.330 e. The number of carbonyl (C=O) groups is 1. The molecule has 2 rings (SSSR count). The summed E-state index contributed by atoms with van der Waals surface area (Å²) in [5.74, 6) is -0.354. The van der Waals surface area contributed by atoms with Crippen molar-refractivity contribution in [3.8, 4) is 0 Å². The molecule has 1 aromatic rings. The van der Waals surface area contributed by atoms with Crippen LogP contribution in [0.3, 0.4) is 0 Å². The summed E-state index contributed by atoms with van der Waals surface area (Å²) in [5.41, 5.74) is 10.3. The SMILES string of the molecule is COC(=O)/C=C/c1ccc2c(c1C)NNN2C.I. The highest BCUT2D eigenvalue weighted by Crippen LogP contribution is 2.33. The second-order valence-electron chi connectivity index (χ2n) is 3.83. The minimum absolute atomic E-state index is 0. The van der Waals surface area contributed by atoms with E-state index in [0.29, 0.717) is 0 Å². The highest BCUT2D eigenvalue weighted by Gasteiger charge is 2.17. The number of methoxy groups -OCH3 is 1. The molecular formula is C12H16IN3O2. The number of hydrogen-bond acceptors (Lipinski definition) is 5. The lowest BCUT2D eigenvalue weighted by Gasteiger charge is -2.10. The van der Waals surface area contributed by atoms with E-state index in [-0.39, 0.29) is 29.9 Å². The Morgan fingerprint density at radius 3 is 2.83 bits per heavy atom. The molecule has 0 fully saturated rings. The number of carbonyl (C=O) groups excluding carboxylic acids is 1. The van der Waals surface area contributed by atoms with Crippen molar-refractivity contribution in [1.29, 1.82) is 0 Å². The van der Waals surface area contributed by atoms with Crippen molar-refractivity contribution < 1.29 is 9.53 Å². The molecule has 98 valence electrons. The third-order valence-corrected chi connectivity index (χ3v) is 2.80. The molecule has 0 aromatic heterocycles. The molecule has 0 radical (unpaired) electrons. The molecular weight excluding hydrogens is 345 g/mol. The molecule has 2 N–H and O–H groups in total. The van der Waals surface area contributed by atoms with Crippen LogP contribution in [0.4, 0.5) is 11.4 Å². The Labute approximate surface area is 123 Å². The summed E-state index contributed by atoms with van der Waals surface area (Å²) in [6, 6.07) is 3.96. The number of ether oxygens (including phenoxy) is 1. The number of hydrogen-bond donors (Lipinski definition) is 2. The topological polar surface area (TPSA) is 53.6 Å². The van der Waals surface area contributed by atoms with Crippen molar-refractivity contribution in [2.24, 2.45) is 0 Å². The Kier molecular flexibility index (Phi) is 4.97. The van der Waals surface area contributed by atoms with Gasteiger partial charge in [-0.2, -0.15) is 0 Å². The largest absolute Gasteiger partial charge is 0.466 e. The molecule has 1 heterocycles. The molecule has 18 heavy (non-hydrogen) atoms. The molecule has 0 bridgehead atoms. The summed E-state index contributed by atoms with van der Waals surface area (Å²) in [6.07, 6.45) is 3.17. The Balaban J connectivity index is 0.00000162. The molecule has 0 saturated carbocycles. The van der Waals surface area contributed by atoms with E-state index in [1.54, 1.807) is 6.08 Å². The van der Waals surface area contributed by atoms with Gasteiger partial charge in [-0.05, 0) is 30.2 Å². The summed E-state index contributed by atoms with van der Waals surface area (Å²) in [6.45, 7) is 2.00. The van der Waals surface area contributed by atoms with Crippen molar-refractivity contribution in [2.75, 3.05) is 24.6 Å². The number of benzene rings is 1. The fourth-order valence-electron chi connectivity index (χ4n) is 1.76. The van der Waals surface area contributed by atoms with Gasteiger partial charge in [-0.15, -0.1) is 29.5 Å². The average molecular weight is 361 g/mol. The molecule has 0 spiro atoms. The number of rotatable bonds is 2. The molecule has 5 nitrogen and oxygen atoms in total. The average Bonchev–Trinajstić information content (AvgIpc) is 2.71. The van der Waals surface area contributed by atoms with Crippen LogP contribution in [-0.2, 0) is 9.53 Å². The zero-order valence-electron chi connectivity index (χ0n) is 10.5. The van der Waals surface area contributed by atoms with E-state index in [0.717, 1.165) is 22.5 Å². The predicted octanol–water partition coefficient (Wildman–Crippen LogP) is 2.08. The van der Waals surface area contributed by atoms with Crippen molar-refractivity contribution >= 4 is 47.4 Å². The number of nitrogens with one attached hydrogen (secondary N) is 2. The highest BCUT2D eigenvalue weighted by molar-refractivity contribution is 14.0. The van der Waals surface area contributed by atoms with E-state index in [1.165, 1.54) is 13.2 Å². The van der Waals surface area contributed by atoms with Gasteiger partial charge in [0.1, 0.15) is 0 Å². The first-order valence-corrected chi connectivity index (χ1v) is 5.28. The van der Waals surface area contributed by atoms with Crippen LogP contribution in [0.5, 0.6) is 0 Å². The zero-order valence-corrected chi connectivity index (χ0v) is 12.8. The second kappa shape index (κ2) is 6.05. The van der Waals surface area contributed by atoms with Gasteiger partial charge in [0.05, 0.1) is 18.5 Å². The van der Waals surface area contributed by atoms with Crippen LogP contribution < -0.4 is 16.0 Å². The van der Waals surface area contributed by atoms with E-state index < -0.39 is 0 Å². The van der Waals surface area contributed by atoms with Crippen molar-refractivity contribution in [1.82, 2.24) is 5.53 Å². The molecule has 0 amide bonds. The van der Waals surface area contributed by atoms with Gasteiger partial charge in [-0.25, -0.2) is 4.79 Å². The van der Waals surface area contributed by atoms with E-state index in [2.05, 4.69) is 15.7 Å². The minimum Gasteiger partial charge on any atom is -0.466 e. The number of hydrazine groups is 2. The van der Waals surface area contributed by atoms with Gasteiger partial charge >= 0.3 is 5.97 Å². The lowest BCUT2D eigenvalue weighted by Crippen LogP contribution is -2.31. The summed E-state index contributed by atoms with van der Waals surface area (Å²) in [5, 5.41) is 1.90. The van der Waals surface area contributed by atoms with Crippen LogP contribution in [0.1, 0.15) is 11.1 Å². The van der Waals surface area contributed by atoms with Crippen molar-refractivity contribution in [3.63, 3.8) is 0 Å². The van der Waals surface area contributed by atoms with E-state index in [4.69, 9.17) is 0 Å². The van der Waals surface area contributed by atoms with Crippen molar-refractivity contribution in [2.45, 2.75) is 6.92 Å². The molecule has 0 aliphatic carbocycles. The molecule has 0 unspecified atom stereocenters. The molecule has 1 aromatic carbocycles. The third-order valence-electron chi connectivity index (χ3n) is 2.80. The van der Waals surface area contributed by atoms with Crippen LogP contribution in [0.2, 0.25) is 0 Å². The molecule has 1 aliphatic rings. The Morgan fingerprint density at radius 2 is 2.17 bits per heavy atom. The van der Waals surface area contributed by atoms with Gasteiger partial charge in [0.25, 0.3) is 0 Å². The lowest BCUT2D eigenvalue weighted by atomic mass is 10.0. The second-order valence-corrected chi connectivity index (χ2v) is 3.83. The molecule has 0 saturated heterocycles. The monoisotopic (exact) mass is 361 g/mol. The quantitative estimate of drug-likeness (QED) is 0.480. The number of anilines is 2. The number of fused-ring (bicyclic) bond motifs is 1. The van der Waals surface area contributed by atoms with E-state index >= 15 is 0 Å². The molecule has 6 heteroatoms. The van der Waals surface area contributed by atoms with Gasteiger partial charge in [0.2, 0.25) is 0 Å². The van der Waals surface area contributed by atoms with Gasteiger partial charge in [-0.1, -0.05) is 6.07 Å². The molecule has 1 aliphatic heterocycles. The Morgan fingerprint density at radius 1 is 1.44 bits per heavy atom. The normalized spacial score (nSPS) is 12.9. The summed E-state index contributed by atoms with van der Waals surface area (Å²) in [7, 11) is 3.30. The maximum Gasteiger partial charge on any atom is 0.330 e. The van der Waals surface area contributed by atoms with Crippen molar-refractivity contribution in [3.05, 3.63) is 29.3 Å². The summed E-state index contributed by atoms with van der Waals surface area (Å²) in [4.78, 5) is 11.0. The van der Waals surface area contributed by atoms with Gasteiger partial charge in [0, 0.05) is 13.1 Å². The van der Waals surface area contributed by atoms with Crippen LogP contribution in [0.15, 0.2) is 18.2 Å². The predicted molar refractivity (Wildman–Crippen MR) is 82.8 cm³/mol. The zero-order chi connectivity index (χ0) is 12.4. The number of nitrogens with zero attached hydrogens (tertiary/aromatic N) is 1. The summed E-state index contributed by atoms with van der Waals surface area (Å²) < 4.78 is 4.56. The summed E-state index contributed by atoms with van der Waals surface area (Å²) >= 11 is 0. The van der Waals surface area contributed by atoms with Crippen LogP contribution in [-0.4, -0.2) is 20.1 Å². The molecule has 0 atom stereocenters. The number of halogens is 1. The Hall–Kier alpha value is -1.28. The lowest BCUT2D eigenvalue weighted by molar-refractivity contribution is -0.134. The van der Waals surface area contributed by atoms with Crippen LogP contribution >= 0.6 is 24.0 Å². The Bertz CT molecular complexity index is 488. The first-order valence-electron chi connectivity index (χ1n) is 5.28. The third kappa shape index (κ3) is 2.75. The highest BCUT2D eigenvalue weighted by atomic mass is 127. The van der Waals surface area contributed by atoms with Gasteiger partial charge < -0.3 is 10.2 Å². The maximum absolute atomic E-state index is 11.0. The number of esters is 1. The fraction of sp³-hybridized carbons (Fsp3) is 0.250. The van der Waals surface area contributed by atoms with Gasteiger partial charge in [-0.3, -0.25) is 5.01 Å². The van der Waals surface area contributed by atoms with Gasteiger partial charge in [0.15, 0.2) is 0 Å². The first-order chi connectivity index (χ1) is 8.13. The van der Waals surface area contributed by atoms with Crippen LogP contribution in [0, 0.1) is 6.92 Å². The fourth-order valence-corrected chi connectivity index (χ4v) is 1.76.